The Labute approximate surface area is 98.5 Å². The number of alkyl halides is 1. The molecule has 0 unspecified atom stereocenters. The highest BCUT2D eigenvalue weighted by Crippen LogP contribution is 2.23. The second-order valence-electron chi connectivity index (χ2n) is 2.85. The summed E-state index contributed by atoms with van der Waals surface area (Å²) in [5.41, 5.74) is -0.753. The number of ether oxygens (including phenoxy) is 1. The molecule has 0 aromatic heterocycles. The fourth-order valence-electron chi connectivity index (χ4n) is 1.13. The number of non-ortho nitro benzene ring substituents is 1. The van der Waals surface area contributed by atoms with Crippen LogP contribution in [0.2, 0.25) is 0 Å². The van der Waals surface area contributed by atoms with Gasteiger partial charge in [0.05, 0.1) is 12.0 Å². The predicted molar refractivity (Wildman–Crippen MR) is 57.0 cm³/mol. The van der Waals surface area contributed by atoms with Gasteiger partial charge >= 0.3 is 5.97 Å². The first-order chi connectivity index (χ1) is 7.51. The van der Waals surface area contributed by atoms with E-state index in [9.17, 15) is 19.3 Å². The number of methoxy groups -OCH3 is 1. The van der Waals surface area contributed by atoms with Gasteiger partial charge in [-0.25, -0.2) is 9.18 Å². The molecule has 1 aromatic rings. The minimum absolute atomic E-state index is 0.0367. The Balaban J connectivity index is 3.41. The molecule has 0 aliphatic carbocycles. The second kappa shape index (κ2) is 5.02. The first-order valence-electron chi connectivity index (χ1n) is 4.12. The lowest BCUT2D eigenvalue weighted by Gasteiger charge is -2.04. The third-order valence-corrected chi connectivity index (χ3v) is 2.50. The molecular formula is C9H7BrFNO4. The molecule has 0 radical (unpaired) electrons. The number of halogens is 2. The minimum atomic E-state index is -0.941. The molecule has 16 heavy (non-hydrogen) atoms. The molecule has 0 saturated heterocycles. The van der Waals surface area contributed by atoms with Crippen LogP contribution in [0.5, 0.6) is 0 Å². The highest BCUT2D eigenvalue weighted by atomic mass is 79.9. The molecular weight excluding hydrogens is 285 g/mol. The van der Waals surface area contributed by atoms with E-state index in [4.69, 9.17) is 0 Å². The molecule has 5 nitrogen and oxygen atoms in total. The van der Waals surface area contributed by atoms with E-state index in [1.165, 1.54) is 0 Å². The highest BCUT2D eigenvalue weighted by Gasteiger charge is 2.21. The third kappa shape index (κ3) is 2.35. The molecule has 0 heterocycles. The Morgan fingerprint density at radius 3 is 2.69 bits per heavy atom. The van der Waals surface area contributed by atoms with Crippen LogP contribution in [0, 0.1) is 15.9 Å². The van der Waals surface area contributed by atoms with Gasteiger partial charge < -0.3 is 4.74 Å². The van der Waals surface area contributed by atoms with Crippen LogP contribution in [0.15, 0.2) is 12.1 Å². The minimum Gasteiger partial charge on any atom is -0.465 e. The van der Waals surface area contributed by atoms with E-state index in [0.29, 0.717) is 0 Å². The molecule has 0 saturated carbocycles. The Bertz CT molecular complexity index is 449. The molecule has 0 aliphatic heterocycles. The SMILES string of the molecule is COC(=O)c1cc([N+](=O)[O-])cc(CBr)c1F. The standard InChI is InChI=1S/C9H7BrFNO4/c1-16-9(13)7-3-6(12(14)15)2-5(4-10)8(7)11/h2-3H,4H2,1H3. The molecule has 1 rings (SSSR count). The van der Waals surface area contributed by atoms with E-state index in [2.05, 4.69) is 20.7 Å². The molecule has 0 spiro atoms. The number of carbonyl (C=O) groups excluding carboxylic acids is 1. The van der Waals surface area contributed by atoms with Crippen LogP contribution >= 0.6 is 15.9 Å². The number of hydrogen-bond acceptors (Lipinski definition) is 4. The Kier molecular flexibility index (Phi) is 3.94. The molecule has 7 heteroatoms. The average Bonchev–Trinajstić information content (AvgIpc) is 2.28. The summed E-state index contributed by atoms with van der Waals surface area (Å²) in [6, 6.07) is 1.92. The molecule has 1 aromatic carbocycles. The van der Waals surface area contributed by atoms with Gasteiger partial charge in [-0.05, 0) is 0 Å². The van der Waals surface area contributed by atoms with Crippen LogP contribution < -0.4 is 0 Å². The van der Waals surface area contributed by atoms with Crippen LogP contribution in [0.1, 0.15) is 15.9 Å². The maximum atomic E-state index is 13.6. The monoisotopic (exact) mass is 291 g/mol. The van der Waals surface area contributed by atoms with Crippen molar-refractivity contribution in [2.45, 2.75) is 5.33 Å². The molecule has 0 aliphatic rings. The van der Waals surface area contributed by atoms with E-state index in [1.807, 2.05) is 0 Å². The highest BCUT2D eigenvalue weighted by molar-refractivity contribution is 9.08. The number of nitro benzene ring substituents is 1. The summed E-state index contributed by atoms with van der Waals surface area (Å²) in [7, 11) is 1.08. The lowest BCUT2D eigenvalue weighted by atomic mass is 10.1. The summed E-state index contributed by atoms with van der Waals surface area (Å²) < 4.78 is 17.9. The lowest BCUT2D eigenvalue weighted by molar-refractivity contribution is -0.385. The largest absolute Gasteiger partial charge is 0.465 e. The van der Waals surface area contributed by atoms with Gasteiger partial charge in [0.15, 0.2) is 0 Å². The van der Waals surface area contributed by atoms with Gasteiger partial charge in [-0.2, -0.15) is 0 Å². The molecule has 86 valence electrons. The van der Waals surface area contributed by atoms with E-state index in [1.54, 1.807) is 0 Å². The van der Waals surface area contributed by atoms with Crippen molar-refractivity contribution >= 4 is 27.6 Å². The third-order valence-electron chi connectivity index (χ3n) is 1.89. The lowest BCUT2D eigenvalue weighted by Crippen LogP contribution is -2.07. The van der Waals surface area contributed by atoms with E-state index in [0.717, 1.165) is 19.2 Å². The zero-order valence-electron chi connectivity index (χ0n) is 8.20. The predicted octanol–water partition coefficient (Wildman–Crippen LogP) is 2.42. The average molecular weight is 292 g/mol. The number of nitrogens with zero attached hydrogens (tertiary/aromatic N) is 1. The van der Waals surface area contributed by atoms with E-state index >= 15 is 0 Å². The van der Waals surface area contributed by atoms with Crippen LogP contribution in [-0.4, -0.2) is 18.0 Å². The Hall–Kier alpha value is -1.50. The molecule has 0 bridgehead atoms. The van der Waals surface area contributed by atoms with Crippen molar-refractivity contribution in [3.05, 3.63) is 39.2 Å². The van der Waals surface area contributed by atoms with Crippen LogP contribution in [-0.2, 0) is 10.1 Å². The normalized spacial score (nSPS) is 9.94. The van der Waals surface area contributed by atoms with Crippen molar-refractivity contribution in [1.29, 1.82) is 0 Å². The van der Waals surface area contributed by atoms with Crippen LogP contribution in [0.3, 0.4) is 0 Å². The first-order valence-corrected chi connectivity index (χ1v) is 5.24. The zero-order chi connectivity index (χ0) is 12.3. The van der Waals surface area contributed by atoms with Crippen molar-refractivity contribution in [3.63, 3.8) is 0 Å². The summed E-state index contributed by atoms with van der Waals surface area (Å²) in [6.07, 6.45) is 0. The summed E-state index contributed by atoms with van der Waals surface area (Å²) >= 11 is 2.98. The number of benzene rings is 1. The first kappa shape index (κ1) is 12.6. The van der Waals surface area contributed by atoms with Crippen molar-refractivity contribution in [3.8, 4) is 0 Å². The van der Waals surface area contributed by atoms with Gasteiger partial charge in [0.1, 0.15) is 11.4 Å². The van der Waals surface area contributed by atoms with Gasteiger partial charge in [-0.3, -0.25) is 10.1 Å². The number of carbonyl (C=O) groups is 1. The maximum absolute atomic E-state index is 13.6. The maximum Gasteiger partial charge on any atom is 0.341 e. The summed E-state index contributed by atoms with van der Waals surface area (Å²) in [5, 5.41) is 10.6. The topological polar surface area (TPSA) is 69.4 Å². The van der Waals surface area contributed by atoms with Crippen molar-refractivity contribution in [1.82, 2.24) is 0 Å². The van der Waals surface area contributed by atoms with Gasteiger partial charge in [-0.1, -0.05) is 15.9 Å². The fraction of sp³-hybridized carbons (Fsp3) is 0.222. The molecule has 0 N–H and O–H groups in total. The summed E-state index contributed by atoms with van der Waals surface area (Å²) in [4.78, 5) is 21.0. The molecule has 0 amide bonds. The van der Waals surface area contributed by atoms with Gasteiger partial charge in [-0.15, -0.1) is 0 Å². The Morgan fingerprint density at radius 1 is 1.62 bits per heavy atom. The van der Waals surface area contributed by atoms with Gasteiger partial charge in [0.2, 0.25) is 0 Å². The molecule has 0 fully saturated rings. The number of rotatable bonds is 3. The number of hydrogen-bond donors (Lipinski definition) is 0. The summed E-state index contributed by atoms with van der Waals surface area (Å²) in [5.74, 6) is -1.75. The van der Waals surface area contributed by atoms with Gasteiger partial charge in [0, 0.05) is 23.0 Å². The quantitative estimate of drug-likeness (QED) is 0.371. The van der Waals surface area contributed by atoms with Crippen molar-refractivity contribution < 1.29 is 18.8 Å². The summed E-state index contributed by atoms with van der Waals surface area (Å²) in [6.45, 7) is 0. The van der Waals surface area contributed by atoms with E-state index in [-0.39, 0.29) is 16.6 Å². The smallest absolute Gasteiger partial charge is 0.341 e. The van der Waals surface area contributed by atoms with Crippen molar-refractivity contribution in [2.24, 2.45) is 0 Å². The van der Waals surface area contributed by atoms with Crippen LogP contribution in [0.4, 0.5) is 10.1 Å². The fourth-order valence-corrected chi connectivity index (χ4v) is 1.54. The second-order valence-corrected chi connectivity index (χ2v) is 3.41. The Morgan fingerprint density at radius 2 is 2.25 bits per heavy atom. The van der Waals surface area contributed by atoms with Crippen molar-refractivity contribution in [2.75, 3.05) is 7.11 Å². The van der Waals surface area contributed by atoms with E-state index < -0.39 is 22.3 Å². The number of nitro groups is 1. The van der Waals surface area contributed by atoms with Gasteiger partial charge in [0.25, 0.3) is 5.69 Å². The van der Waals surface area contributed by atoms with Crippen LogP contribution in [0.25, 0.3) is 0 Å². The molecule has 0 atom stereocenters. The zero-order valence-corrected chi connectivity index (χ0v) is 9.78. The number of esters is 1.